The highest BCUT2D eigenvalue weighted by atomic mass is 32.2. The van der Waals surface area contributed by atoms with Crippen LogP contribution in [0.4, 0.5) is 0 Å². The molecule has 32 heavy (non-hydrogen) atoms. The minimum Gasteiger partial charge on any atom is -0.489 e. The summed E-state index contributed by atoms with van der Waals surface area (Å²) in [7, 11) is 0. The fraction of sp³-hybridized carbons (Fsp3) is 0.192. The predicted octanol–water partition coefficient (Wildman–Crippen LogP) is 5.35. The zero-order valence-corrected chi connectivity index (χ0v) is 18.6. The predicted molar refractivity (Wildman–Crippen MR) is 129 cm³/mol. The van der Waals surface area contributed by atoms with E-state index in [0.717, 1.165) is 34.6 Å². The quantitative estimate of drug-likeness (QED) is 0.535. The molecule has 0 fully saturated rings. The number of hydrazone groups is 1. The number of hydrogen-bond acceptors (Lipinski definition) is 5. The second-order valence-electron chi connectivity index (χ2n) is 7.90. The highest BCUT2D eigenvalue weighted by molar-refractivity contribution is 8.14. The molecule has 2 aliphatic rings. The molecule has 0 N–H and O–H groups in total. The molecule has 0 bridgehead atoms. The number of benzene rings is 3. The third-order valence-electron chi connectivity index (χ3n) is 5.55. The number of ether oxygens (including phenoxy) is 1. The topological polar surface area (TPSA) is 54.3 Å². The molecule has 5 rings (SSSR count). The first-order chi connectivity index (χ1) is 15.7. The van der Waals surface area contributed by atoms with E-state index in [1.165, 1.54) is 17.3 Å². The van der Waals surface area contributed by atoms with Gasteiger partial charge >= 0.3 is 0 Å². The van der Waals surface area contributed by atoms with Gasteiger partial charge in [-0.05, 0) is 35.7 Å². The molecule has 160 valence electrons. The van der Waals surface area contributed by atoms with Gasteiger partial charge in [-0.15, -0.1) is 0 Å². The molecule has 3 aromatic carbocycles. The van der Waals surface area contributed by atoms with Crippen molar-refractivity contribution in [2.75, 3.05) is 5.75 Å². The third kappa shape index (κ3) is 4.46. The van der Waals surface area contributed by atoms with Crippen LogP contribution in [0.15, 0.2) is 89.0 Å². The minimum atomic E-state index is -0.104. The first-order valence-electron chi connectivity index (χ1n) is 10.6. The van der Waals surface area contributed by atoms with Crippen molar-refractivity contribution >= 4 is 28.5 Å². The molecule has 1 atom stereocenters. The fourth-order valence-electron chi connectivity index (χ4n) is 3.81. The van der Waals surface area contributed by atoms with Crippen LogP contribution in [-0.4, -0.2) is 27.5 Å². The van der Waals surface area contributed by atoms with E-state index in [1.807, 2.05) is 35.3 Å². The zero-order valence-electron chi connectivity index (χ0n) is 17.8. The Bertz CT molecular complexity index is 1170. The van der Waals surface area contributed by atoms with Gasteiger partial charge in [0.15, 0.2) is 5.17 Å². The maximum Gasteiger partial charge on any atom is 0.258 e. The zero-order chi connectivity index (χ0) is 21.9. The average Bonchev–Trinajstić information content (AvgIpc) is 3.46. The summed E-state index contributed by atoms with van der Waals surface area (Å²) >= 11 is 1.45. The minimum absolute atomic E-state index is 0.00775. The van der Waals surface area contributed by atoms with Crippen LogP contribution in [0.25, 0.3) is 0 Å². The summed E-state index contributed by atoms with van der Waals surface area (Å²) in [6.45, 7) is 2.61. The summed E-state index contributed by atoms with van der Waals surface area (Å²) in [5, 5.41) is 7.46. The van der Waals surface area contributed by atoms with Crippen LogP contribution in [0.2, 0.25) is 0 Å². The van der Waals surface area contributed by atoms with Gasteiger partial charge in [-0.25, -0.2) is 5.01 Å². The second-order valence-corrected chi connectivity index (χ2v) is 8.84. The van der Waals surface area contributed by atoms with Gasteiger partial charge < -0.3 is 4.74 Å². The van der Waals surface area contributed by atoms with Gasteiger partial charge in [-0.1, -0.05) is 84.1 Å². The second kappa shape index (κ2) is 9.01. The van der Waals surface area contributed by atoms with E-state index in [-0.39, 0.29) is 11.9 Å². The Morgan fingerprint density at radius 2 is 1.75 bits per heavy atom. The fourth-order valence-corrected chi connectivity index (χ4v) is 4.59. The molecule has 6 heteroatoms. The molecule has 0 radical (unpaired) electrons. The number of aliphatic imine (C=N–C) groups is 1. The Kier molecular flexibility index (Phi) is 5.77. The average molecular weight is 442 g/mol. The van der Waals surface area contributed by atoms with Crippen molar-refractivity contribution in [1.29, 1.82) is 0 Å². The van der Waals surface area contributed by atoms with Crippen molar-refractivity contribution in [1.82, 2.24) is 5.01 Å². The van der Waals surface area contributed by atoms with E-state index in [4.69, 9.17) is 9.84 Å². The summed E-state index contributed by atoms with van der Waals surface area (Å²) in [6.07, 6.45) is 0.751. The van der Waals surface area contributed by atoms with Gasteiger partial charge in [0.1, 0.15) is 12.4 Å². The van der Waals surface area contributed by atoms with Crippen LogP contribution in [0, 0.1) is 6.92 Å². The van der Waals surface area contributed by atoms with Crippen LogP contribution >= 0.6 is 11.8 Å². The Balaban J connectivity index is 1.36. The van der Waals surface area contributed by atoms with Crippen molar-refractivity contribution in [3.63, 3.8) is 0 Å². The van der Waals surface area contributed by atoms with Gasteiger partial charge in [0.2, 0.25) is 0 Å². The Morgan fingerprint density at radius 1 is 1.00 bits per heavy atom. The maximum absolute atomic E-state index is 11.8. The van der Waals surface area contributed by atoms with Gasteiger partial charge in [0.25, 0.3) is 5.91 Å². The SMILES string of the molecule is Cc1ccc(C2=NN(C3=NC(=O)CS3)C(c3ccc(OCc4ccccc4)cc3)C2)cc1. The number of amides is 1. The number of thioether (sulfide) groups is 1. The summed E-state index contributed by atoms with van der Waals surface area (Å²) in [5.41, 5.74) is 5.57. The molecule has 0 aromatic heterocycles. The first-order valence-corrected chi connectivity index (χ1v) is 11.6. The first kappa shape index (κ1) is 20.5. The highest BCUT2D eigenvalue weighted by Crippen LogP contribution is 2.37. The van der Waals surface area contributed by atoms with Gasteiger partial charge in [-0.3, -0.25) is 4.79 Å². The lowest BCUT2D eigenvalue weighted by Crippen LogP contribution is -2.23. The van der Waals surface area contributed by atoms with Crippen LogP contribution in [0.5, 0.6) is 5.75 Å². The van der Waals surface area contributed by atoms with Crippen molar-refractivity contribution in [2.24, 2.45) is 10.1 Å². The van der Waals surface area contributed by atoms with Crippen LogP contribution in [0.1, 0.15) is 34.7 Å². The molecule has 0 spiro atoms. The number of carbonyl (C=O) groups is 1. The van der Waals surface area contributed by atoms with Gasteiger partial charge in [-0.2, -0.15) is 10.1 Å². The number of aryl methyl sites for hydroxylation is 1. The molecule has 5 nitrogen and oxygen atoms in total. The maximum atomic E-state index is 11.8. The van der Waals surface area contributed by atoms with Gasteiger partial charge in [0.05, 0.1) is 17.5 Å². The number of carbonyl (C=O) groups excluding carboxylic acids is 1. The molecule has 1 unspecified atom stereocenters. The van der Waals surface area contributed by atoms with Gasteiger partial charge in [0, 0.05) is 6.42 Å². The molecule has 0 saturated heterocycles. The summed E-state index contributed by atoms with van der Waals surface area (Å²) in [6, 6.07) is 26.7. The van der Waals surface area contributed by atoms with Crippen molar-refractivity contribution < 1.29 is 9.53 Å². The monoisotopic (exact) mass is 441 g/mol. The molecule has 1 amide bonds. The Morgan fingerprint density at radius 3 is 2.44 bits per heavy atom. The summed E-state index contributed by atoms with van der Waals surface area (Å²) < 4.78 is 5.94. The molecule has 2 heterocycles. The standard InChI is InChI=1S/C26H23N3O2S/c1-18-7-9-20(10-8-18)23-15-24(29(28-23)26-27-25(30)17-32-26)21-11-13-22(14-12-21)31-16-19-5-3-2-4-6-19/h2-14,24H,15-17H2,1H3. The van der Waals surface area contributed by atoms with Crippen molar-refractivity contribution in [3.8, 4) is 5.75 Å². The smallest absolute Gasteiger partial charge is 0.258 e. The lowest BCUT2D eigenvalue weighted by atomic mass is 9.98. The Labute approximate surface area is 191 Å². The number of hydrogen-bond donors (Lipinski definition) is 0. The number of amidine groups is 1. The van der Waals surface area contributed by atoms with Crippen LogP contribution < -0.4 is 4.74 Å². The molecule has 0 saturated carbocycles. The largest absolute Gasteiger partial charge is 0.489 e. The summed E-state index contributed by atoms with van der Waals surface area (Å²) in [5.74, 6) is 1.09. The molecule has 2 aliphatic heterocycles. The van der Waals surface area contributed by atoms with E-state index >= 15 is 0 Å². The van der Waals surface area contributed by atoms with Crippen LogP contribution in [0.3, 0.4) is 0 Å². The molecule has 0 aliphatic carbocycles. The number of nitrogens with zero attached hydrogens (tertiary/aromatic N) is 3. The van der Waals surface area contributed by atoms with E-state index in [2.05, 4.69) is 60.4 Å². The lowest BCUT2D eigenvalue weighted by Gasteiger charge is -2.22. The van der Waals surface area contributed by atoms with E-state index in [0.29, 0.717) is 17.5 Å². The number of rotatable bonds is 5. The lowest BCUT2D eigenvalue weighted by molar-refractivity contribution is -0.115. The normalized spacial score (nSPS) is 18.0. The van der Waals surface area contributed by atoms with E-state index < -0.39 is 0 Å². The van der Waals surface area contributed by atoms with Crippen molar-refractivity contribution in [2.45, 2.75) is 26.0 Å². The Hall–Kier alpha value is -3.38. The van der Waals surface area contributed by atoms with E-state index in [1.54, 1.807) is 0 Å². The molecular formula is C26H23N3O2S. The summed E-state index contributed by atoms with van der Waals surface area (Å²) in [4.78, 5) is 16.0. The highest BCUT2D eigenvalue weighted by Gasteiger charge is 2.34. The molecular weight excluding hydrogens is 418 g/mol. The van der Waals surface area contributed by atoms with Crippen LogP contribution in [-0.2, 0) is 11.4 Å². The van der Waals surface area contributed by atoms with E-state index in [9.17, 15) is 4.79 Å². The molecule has 3 aromatic rings. The third-order valence-corrected chi connectivity index (χ3v) is 6.48. The van der Waals surface area contributed by atoms with Crippen molar-refractivity contribution in [3.05, 3.63) is 101 Å².